The van der Waals surface area contributed by atoms with E-state index in [1.165, 1.54) is 12.1 Å². The molecular formula is C15H9BrF2O2. The van der Waals surface area contributed by atoms with Crippen molar-refractivity contribution < 1.29 is 18.7 Å². The Kier molecular flexibility index (Phi) is 4.29. The van der Waals surface area contributed by atoms with E-state index in [9.17, 15) is 13.6 Å². The van der Waals surface area contributed by atoms with Crippen LogP contribution in [0.1, 0.15) is 15.9 Å². The van der Waals surface area contributed by atoms with Crippen molar-refractivity contribution in [2.24, 2.45) is 0 Å². The van der Waals surface area contributed by atoms with E-state index in [4.69, 9.17) is 5.11 Å². The highest BCUT2D eigenvalue weighted by molar-refractivity contribution is 9.10. The molecule has 0 fully saturated rings. The predicted octanol–water partition coefficient (Wildman–Crippen LogP) is 4.33. The summed E-state index contributed by atoms with van der Waals surface area (Å²) in [5.74, 6) is -3.61. The van der Waals surface area contributed by atoms with Crippen LogP contribution in [0.3, 0.4) is 0 Å². The normalized spacial score (nSPS) is 10.9. The van der Waals surface area contributed by atoms with Gasteiger partial charge in [-0.2, -0.15) is 4.39 Å². The maximum atomic E-state index is 13.5. The van der Waals surface area contributed by atoms with Crippen LogP contribution in [0.15, 0.2) is 46.9 Å². The van der Waals surface area contributed by atoms with E-state index in [1.54, 1.807) is 24.3 Å². The summed E-state index contributed by atoms with van der Waals surface area (Å²) in [4.78, 5) is 11.8. The Morgan fingerprint density at radius 3 is 2.35 bits per heavy atom. The topological polar surface area (TPSA) is 37.3 Å². The summed E-state index contributed by atoms with van der Waals surface area (Å²) in [5.41, 5.74) is 0.329. The summed E-state index contributed by atoms with van der Waals surface area (Å²) in [6.07, 6.45) is 2.32. The molecule has 2 nitrogen and oxygen atoms in total. The van der Waals surface area contributed by atoms with Crippen LogP contribution in [-0.4, -0.2) is 10.9 Å². The summed E-state index contributed by atoms with van der Waals surface area (Å²) in [7, 11) is 0. The molecule has 0 amide bonds. The van der Waals surface area contributed by atoms with Crippen LogP contribution in [0.2, 0.25) is 0 Å². The van der Waals surface area contributed by atoms with E-state index in [-0.39, 0.29) is 11.3 Å². The van der Waals surface area contributed by atoms with Crippen LogP contribution < -0.4 is 0 Å². The average Bonchev–Trinajstić information content (AvgIpc) is 2.44. The fourth-order valence-corrected chi connectivity index (χ4v) is 1.82. The van der Waals surface area contributed by atoms with Crippen LogP contribution in [0.5, 0.6) is 5.75 Å². The Bertz CT molecular complexity index is 679. The second-order valence-corrected chi connectivity index (χ2v) is 4.92. The molecule has 0 atom stereocenters. The molecule has 0 bridgehead atoms. The van der Waals surface area contributed by atoms with Crippen LogP contribution in [0.25, 0.3) is 6.08 Å². The first-order valence-corrected chi connectivity index (χ1v) is 6.43. The number of hydrogen-bond donors (Lipinski definition) is 1. The zero-order valence-corrected chi connectivity index (χ0v) is 11.7. The molecule has 0 aliphatic heterocycles. The second kappa shape index (κ2) is 5.96. The number of rotatable bonds is 3. The summed E-state index contributed by atoms with van der Waals surface area (Å²) in [5, 5.41) is 9.00. The first kappa shape index (κ1) is 14.4. The average molecular weight is 339 g/mol. The van der Waals surface area contributed by atoms with Gasteiger partial charge in [-0.05, 0) is 48.6 Å². The fourth-order valence-electron chi connectivity index (χ4n) is 1.56. The molecule has 2 aromatic carbocycles. The van der Waals surface area contributed by atoms with Crippen molar-refractivity contribution in [3.8, 4) is 5.75 Å². The van der Waals surface area contributed by atoms with Gasteiger partial charge in [0.15, 0.2) is 17.3 Å². The van der Waals surface area contributed by atoms with Gasteiger partial charge in [-0.15, -0.1) is 0 Å². The van der Waals surface area contributed by atoms with Crippen molar-refractivity contribution in [2.45, 2.75) is 0 Å². The SMILES string of the molecule is O=C(C=Cc1ccc(O)c(F)c1F)c1ccc(Br)cc1. The molecule has 0 aromatic heterocycles. The molecule has 0 aliphatic carbocycles. The third-order valence-electron chi connectivity index (χ3n) is 2.63. The van der Waals surface area contributed by atoms with Gasteiger partial charge in [0.1, 0.15) is 0 Å². The van der Waals surface area contributed by atoms with Crippen LogP contribution in [-0.2, 0) is 0 Å². The second-order valence-electron chi connectivity index (χ2n) is 4.01. The van der Waals surface area contributed by atoms with Gasteiger partial charge >= 0.3 is 0 Å². The van der Waals surface area contributed by atoms with E-state index < -0.39 is 17.4 Å². The van der Waals surface area contributed by atoms with Gasteiger partial charge in [-0.25, -0.2) is 4.39 Å². The standard InChI is InChI=1S/C15H9BrF2O2/c16-11-5-1-9(2-6-11)12(19)7-3-10-4-8-13(20)15(18)14(10)17/h1-8,20H. The van der Waals surface area contributed by atoms with Gasteiger partial charge in [0.2, 0.25) is 5.82 Å². The van der Waals surface area contributed by atoms with E-state index in [1.807, 2.05) is 0 Å². The number of carbonyl (C=O) groups excluding carboxylic acids is 1. The van der Waals surface area contributed by atoms with Crippen molar-refractivity contribution >= 4 is 27.8 Å². The third kappa shape index (κ3) is 3.11. The zero-order valence-electron chi connectivity index (χ0n) is 10.1. The molecule has 102 valence electrons. The first-order chi connectivity index (χ1) is 9.49. The molecule has 2 aromatic rings. The Morgan fingerprint density at radius 1 is 1.05 bits per heavy atom. The summed E-state index contributed by atoms with van der Waals surface area (Å²) in [6.45, 7) is 0. The molecule has 0 radical (unpaired) electrons. The maximum Gasteiger partial charge on any atom is 0.200 e. The lowest BCUT2D eigenvalue weighted by molar-refractivity contribution is 0.104. The number of carbonyl (C=O) groups is 1. The Balaban J connectivity index is 2.23. The van der Waals surface area contributed by atoms with Gasteiger partial charge in [-0.1, -0.05) is 15.9 Å². The van der Waals surface area contributed by atoms with Crippen molar-refractivity contribution in [2.75, 3.05) is 0 Å². The number of hydrogen-bond acceptors (Lipinski definition) is 2. The lowest BCUT2D eigenvalue weighted by atomic mass is 10.1. The molecule has 2 rings (SSSR count). The molecule has 1 N–H and O–H groups in total. The Hall–Kier alpha value is -2.01. The smallest absolute Gasteiger partial charge is 0.200 e. The lowest BCUT2D eigenvalue weighted by Crippen LogP contribution is -1.94. The first-order valence-electron chi connectivity index (χ1n) is 5.64. The molecule has 0 unspecified atom stereocenters. The predicted molar refractivity (Wildman–Crippen MR) is 75.5 cm³/mol. The van der Waals surface area contributed by atoms with Gasteiger partial charge in [0, 0.05) is 15.6 Å². The third-order valence-corrected chi connectivity index (χ3v) is 3.16. The van der Waals surface area contributed by atoms with E-state index in [0.29, 0.717) is 5.56 Å². The van der Waals surface area contributed by atoms with E-state index >= 15 is 0 Å². The number of ketones is 1. The minimum atomic E-state index is -1.33. The molecular weight excluding hydrogens is 330 g/mol. The number of halogens is 3. The highest BCUT2D eigenvalue weighted by atomic mass is 79.9. The fraction of sp³-hybridized carbons (Fsp3) is 0. The monoisotopic (exact) mass is 338 g/mol. The number of phenolic OH excluding ortho intramolecular Hbond substituents is 1. The Morgan fingerprint density at radius 2 is 1.70 bits per heavy atom. The van der Waals surface area contributed by atoms with Crippen molar-refractivity contribution in [3.63, 3.8) is 0 Å². The molecule has 5 heteroatoms. The van der Waals surface area contributed by atoms with Crippen molar-refractivity contribution in [3.05, 3.63) is 69.7 Å². The van der Waals surface area contributed by atoms with Gasteiger partial charge in [0.05, 0.1) is 0 Å². The summed E-state index contributed by atoms with van der Waals surface area (Å²) in [6, 6.07) is 8.88. The zero-order chi connectivity index (χ0) is 14.7. The number of phenols is 1. The molecule has 0 spiro atoms. The minimum absolute atomic E-state index is 0.106. The van der Waals surface area contributed by atoms with E-state index in [2.05, 4.69) is 15.9 Å². The molecule has 0 saturated heterocycles. The highest BCUT2D eigenvalue weighted by Gasteiger charge is 2.11. The van der Waals surface area contributed by atoms with Crippen LogP contribution in [0.4, 0.5) is 8.78 Å². The molecule has 0 saturated carbocycles. The number of aromatic hydroxyl groups is 1. The van der Waals surface area contributed by atoms with Crippen LogP contribution >= 0.6 is 15.9 Å². The quantitative estimate of drug-likeness (QED) is 0.668. The highest BCUT2D eigenvalue weighted by Crippen LogP contribution is 2.22. The van der Waals surface area contributed by atoms with Crippen LogP contribution in [0, 0.1) is 11.6 Å². The molecule has 0 aliphatic rings. The summed E-state index contributed by atoms with van der Waals surface area (Å²) < 4.78 is 27.4. The van der Waals surface area contributed by atoms with Crippen molar-refractivity contribution in [1.82, 2.24) is 0 Å². The van der Waals surface area contributed by atoms with Gasteiger partial charge in [0.25, 0.3) is 0 Å². The number of allylic oxidation sites excluding steroid dienone is 1. The molecule has 20 heavy (non-hydrogen) atoms. The van der Waals surface area contributed by atoms with Crippen molar-refractivity contribution in [1.29, 1.82) is 0 Å². The maximum absolute atomic E-state index is 13.5. The Labute approximate surface area is 122 Å². The summed E-state index contributed by atoms with van der Waals surface area (Å²) >= 11 is 3.25. The minimum Gasteiger partial charge on any atom is -0.505 e. The molecule has 0 heterocycles. The lowest BCUT2D eigenvalue weighted by Gasteiger charge is -2.00. The van der Waals surface area contributed by atoms with Gasteiger partial charge in [-0.3, -0.25) is 4.79 Å². The number of benzene rings is 2. The van der Waals surface area contributed by atoms with E-state index in [0.717, 1.165) is 16.6 Å². The van der Waals surface area contributed by atoms with Gasteiger partial charge < -0.3 is 5.11 Å². The largest absolute Gasteiger partial charge is 0.505 e.